The average Bonchev–Trinajstić information content (AvgIpc) is 2.46. The van der Waals surface area contributed by atoms with E-state index in [-0.39, 0.29) is 0 Å². The maximum absolute atomic E-state index is 5.84. The van der Waals surface area contributed by atoms with E-state index in [1.807, 2.05) is 36.4 Å². The molecule has 20 heavy (non-hydrogen) atoms. The first-order chi connectivity index (χ1) is 9.72. The number of fused-ring (bicyclic) bond motifs is 1. The Morgan fingerprint density at radius 2 is 1.50 bits per heavy atom. The van der Waals surface area contributed by atoms with E-state index in [0.717, 1.165) is 11.1 Å². The lowest BCUT2D eigenvalue weighted by Gasteiger charge is -2.01. The van der Waals surface area contributed by atoms with Gasteiger partial charge in [0.25, 0.3) is 0 Å². The van der Waals surface area contributed by atoms with Crippen LogP contribution in [-0.4, -0.2) is 0 Å². The first-order valence-electron chi connectivity index (χ1n) is 6.28. The molecule has 0 aliphatic heterocycles. The highest BCUT2D eigenvalue weighted by Gasteiger charge is 1.98. The van der Waals surface area contributed by atoms with Crippen LogP contribution in [0.1, 0.15) is 0 Å². The molecule has 0 atom stereocenters. The average molecular weight is 262 g/mol. The molecule has 0 saturated carbocycles. The van der Waals surface area contributed by atoms with E-state index in [2.05, 4.69) is 16.3 Å². The molecule has 0 radical (unpaired) electrons. The van der Waals surface area contributed by atoms with Crippen molar-refractivity contribution in [1.82, 2.24) is 0 Å². The summed E-state index contributed by atoms with van der Waals surface area (Å²) in [7, 11) is 0. The van der Waals surface area contributed by atoms with Crippen LogP contribution < -0.4 is 11.5 Å². The first kappa shape index (κ1) is 12.2. The molecule has 4 nitrogen and oxygen atoms in total. The van der Waals surface area contributed by atoms with E-state index in [4.69, 9.17) is 11.5 Å². The molecule has 4 heteroatoms. The number of azo groups is 1. The Labute approximate surface area is 116 Å². The van der Waals surface area contributed by atoms with Gasteiger partial charge in [-0.25, -0.2) is 0 Å². The number of anilines is 2. The van der Waals surface area contributed by atoms with Crippen LogP contribution in [0, 0.1) is 0 Å². The van der Waals surface area contributed by atoms with Crippen LogP contribution in [0.2, 0.25) is 0 Å². The van der Waals surface area contributed by atoms with Crippen LogP contribution >= 0.6 is 0 Å². The normalized spacial score (nSPS) is 11.2. The van der Waals surface area contributed by atoms with Crippen LogP contribution in [0.5, 0.6) is 0 Å². The predicted octanol–water partition coefficient (Wildman–Crippen LogP) is 4.42. The van der Waals surface area contributed by atoms with Gasteiger partial charge in [-0.1, -0.05) is 30.3 Å². The van der Waals surface area contributed by atoms with Gasteiger partial charge < -0.3 is 11.5 Å². The van der Waals surface area contributed by atoms with Gasteiger partial charge >= 0.3 is 0 Å². The molecule has 0 heterocycles. The van der Waals surface area contributed by atoms with Gasteiger partial charge in [0.2, 0.25) is 0 Å². The van der Waals surface area contributed by atoms with Crippen LogP contribution in [-0.2, 0) is 0 Å². The summed E-state index contributed by atoms with van der Waals surface area (Å²) in [6, 6.07) is 19.3. The molecule has 0 bridgehead atoms. The summed E-state index contributed by atoms with van der Waals surface area (Å²) < 4.78 is 0. The van der Waals surface area contributed by atoms with Gasteiger partial charge in [0, 0.05) is 5.69 Å². The second kappa shape index (κ2) is 5.01. The molecule has 98 valence electrons. The van der Waals surface area contributed by atoms with E-state index in [0.29, 0.717) is 17.1 Å². The quantitative estimate of drug-likeness (QED) is 0.529. The van der Waals surface area contributed by atoms with Crippen LogP contribution in [0.15, 0.2) is 70.9 Å². The molecular formula is C16H14N4. The second-order valence-corrected chi connectivity index (χ2v) is 4.55. The predicted molar refractivity (Wildman–Crippen MR) is 83.4 cm³/mol. The van der Waals surface area contributed by atoms with Crippen molar-refractivity contribution in [3.05, 3.63) is 60.7 Å². The topological polar surface area (TPSA) is 76.8 Å². The van der Waals surface area contributed by atoms with Gasteiger partial charge in [-0.05, 0) is 41.1 Å². The molecule has 3 aromatic carbocycles. The van der Waals surface area contributed by atoms with Gasteiger partial charge in [-0.2, -0.15) is 5.11 Å². The highest BCUT2D eigenvalue weighted by molar-refractivity contribution is 5.85. The van der Waals surface area contributed by atoms with Gasteiger partial charge in [0.05, 0.1) is 11.4 Å². The Hall–Kier alpha value is -2.88. The van der Waals surface area contributed by atoms with Gasteiger partial charge in [-0.15, -0.1) is 5.11 Å². The third-order valence-corrected chi connectivity index (χ3v) is 3.06. The Kier molecular flexibility index (Phi) is 3.05. The van der Waals surface area contributed by atoms with E-state index in [9.17, 15) is 0 Å². The summed E-state index contributed by atoms with van der Waals surface area (Å²) in [5, 5.41) is 10.7. The van der Waals surface area contributed by atoms with Crippen LogP contribution in [0.4, 0.5) is 22.7 Å². The summed E-state index contributed by atoms with van der Waals surface area (Å²) in [4.78, 5) is 0. The van der Waals surface area contributed by atoms with Gasteiger partial charge in [-0.3, -0.25) is 0 Å². The molecule has 3 rings (SSSR count). The summed E-state index contributed by atoms with van der Waals surface area (Å²) in [6.45, 7) is 0. The molecule has 0 saturated heterocycles. The van der Waals surface area contributed by atoms with Gasteiger partial charge in [0.15, 0.2) is 0 Å². The summed E-state index contributed by atoms with van der Waals surface area (Å²) in [5.74, 6) is 0. The molecule has 0 aromatic heterocycles. The monoisotopic (exact) mass is 262 g/mol. The minimum atomic E-state index is 0.523. The summed E-state index contributed by atoms with van der Waals surface area (Å²) >= 11 is 0. The van der Waals surface area contributed by atoms with Crippen molar-refractivity contribution in [3.63, 3.8) is 0 Å². The number of nitrogens with two attached hydrogens (primary N) is 2. The first-order valence-corrected chi connectivity index (χ1v) is 6.28. The fraction of sp³-hybridized carbons (Fsp3) is 0. The summed E-state index contributed by atoms with van der Waals surface area (Å²) in [5.41, 5.74) is 14.0. The van der Waals surface area contributed by atoms with Gasteiger partial charge in [0.1, 0.15) is 5.69 Å². The minimum Gasteiger partial charge on any atom is -0.399 e. The Bertz CT molecular complexity index is 793. The minimum absolute atomic E-state index is 0.523. The number of nitrogen functional groups attached to an aromatic ring is 2. The molecule has 0 amide bonds. The molecular weight excluding hydrogens is 248 g/mol. The zero-order valence-electron chi connectivity index (χ0n) is 10.8. The lowest BCUT2D eigenvalue weighted by molar-refractivity contribution is 1.24. The van der Waals surface area contributed by atoms with Crippen molar-refractivity contribution in [2.75, 3.05) is 11.5 Å². The Morgan fingerprint density at radius 3 is 2.30 bits per heavy atom. The van der Waals surface area contributed by atoms with Crippen molar-refractivity contribution in [1.29, 1.82) is 0 Å². The second-order valence-electron chi connectivity index (χ2n) is 4.55. The Morgan fingerprint density at radius 1 is 0.700 bits per heavy atom. The number of rotatable bonds is 2. The highest BCUT2D eigenvalue weighted by atomic mass is 15.1. The van der Waals surface area contributed by atoms with Crippen molar-refractivity contribution < 1.29 is 0 Å². The van der Waals surface area contributed by atoms with E-state index < -0.39 is 0 Å². The molecule has 0 aliphatic carbocycles. The molecule has 0 aliphatic rings. The number of benzene rings is 3. The summed E-state index contributed by atoms with van der Waals surface area (Å²) in [6.07, 6.45) is 0. The number of hydrogen-bond donors (Lipinski definition) is 2. The lowest BCUT2D eigenvalue weighted by Crippen LogP contribution is -1.89. The lowest BCUT2D eigenvalue weighted by atomic mass is 10.1. The molecule has 0 spiro atoms. The van der Waals surface area contributed by atoms with E-state index in [1.54, 1.807) is 18.2 Å². The number of nitrogens with zero attached hydrogens (tertiary/aromatic N) is 2. The van der Waals surface area contributed by atoms with Crippen LogP contribution in [0.3, 0.4) is 0 Å². The molecule has 0 unspecified atom stereocenters. The maximum atomic E-state index is 5.84. The third kappa shape index (κ3) is 2.44. The molecule has 4 N–H and O–H groups in total. The van der Waals surface area contributed by atoms with Crippen molar-refractivity contribution in [3.8, 4) is 0 Å². The number of hydrogen-bond acceptors (Lipinski definition) is 4. The SMILES string of the molecule is Nc1ccc(/N=N/c2ccc3ccccc3c2)c(N)c1. The zero-order chi connectivity index (χ0) is 13.9. The Balaban J connectivity index is 1.93. The fourth-order valence-corrected chi connectivity index (χ4v) is 2.01. The standard InChI is InChI=1S/C16H14N4/c17-13-6-8-16(15(18)10-13)20-19-14-7-5-11-3-1-2-4-12(11)9-14/h1-10H,17-18H2/b20-19+. The van der Waals surface area contributed by atoms with Crippen molar-refractivity contribution in [2.45, 2.75) is 0 Å². The fourth-order valence-electron chi connectivity index (χ4n) is 2.01. The van der Waals surface area contributed by atoms with Crippen molar-refractivity contribution in [2.24, 2.45) is 10.2 Å². The van der Waals surface area contributed by atoms with Crippen molar-refractivity contribution >= 4 is 33.5 Å². The molecule has 0 fully saturated rings. The van der Waals surface area contributed by atoms with Crippen LogP contribution in [0.25, 0.3) is 10.8 Å². The highest BCUT2D eigenvalue weighted by Crippen LogP contribution is 2.27. The molecule has 3 aromatic rings. The maximum Gasteiger partial charge on any atom is 0.109 e. The smallest absolute Gasteiger partial charge is 0.109 e. The van der Waals surface area contributed by atoms with E-state index in [1.165, 1.54) is 5.39 Å². The largest absolute Gasteiger partial charge is 0.399 e. The zero-order valence-corrected chi connectivity index (χ0v) is 10.8. The van der Waals surface area contributed by atoms with E-state index >= 15 is 0 Å². The third-order valence-electron chi connectivity index (χ3n) is 3.06.